The zero-order valence-electron chi connectivity index (χ0n) is 19.7. The van der Waals surface area contributed by atoms with Crippen LogP contribution in [0.15, 0.2) is 61.2 Å². The van der Waals surface area contributed by atoms with Crippen LogP contribution in [-0.2, 0) is 11.3 Å². The largest absolute Gasteiger partial charge is 0.373 e. The molecule has 0 amide bonds. The smallest absolute Gasteiger partial charge is 0.0721 e. The Kier molecular flexibility index (Phi) is 10.4. The third-order valence-electron chi connectivity index (χ3n) is 6.99. The summed E-state index contributed by atoms with van der Waals surface area (Å²) < 4.78 is 5.53. The first kappa shape index (κ1) is 23.8. The van der Waals surface area contributed by atoms with Crippen LogP contribution in [0.1, 0.15) is 94.6 Å². The van der Waals surface area contributed by atoms with Crippen molar-refractivity contribution >= 4 is 0 Å². The van der Waals surface area contributed by atoms with Crippen molar-refractivity contribution in [2.24, 2.45) is 5.92 Å². The molecule has 168 valence electrons. The average Bonchev–Trinajstić information content (AvgIpc) is 2.82. The molecule has 0 unspecified atom stereocenters. The first-order valence-corrected chi connectivity index (χ1v) is 12.7. The number of rotatable bonds is 13. The average molecular weight is 419 g/mol. The number of ether oxygens (including phenoxy) is 1. The maximum absolute atomic E-state index is 5.53. The van der Waals surface area contributed by atoms with Crippen LogP contribution in [0.3, 0.4) is 0 Å². The van der Waals surface area contributed by atoms with E-state index in [0.717, 1.165) is 11.8 Å². The third kappa shape index (κ3) is 7.96. The molecule has 3 rings (SSSR count). The normalized spacial score (nSPS) is 18.7. The molecule has 1 fully saturated rings. The molecule has 0 heterocycles. The van der Waals surface area contributed by atoms with E-state index in [4.69, 9.17) is 4.74 Å². The summed E-state index contributed by atoms with van der Waals surface area (Å²) in [6.07, 6.45) is 17.4. The van der Waals surface area contributed by atoms with E-state index < -0.39 is 0 Å². The Morgan fingerprint density at radius 3 is 2.06 bits per heavy atom. The maximum Gasteiger partial charge on any atom is 0.0721 e. The second-order valence-electron chi connectivity index (χ2n) is 9.40. The Bertz CT molecular complexity index is 735. The minimum absolute atomic E-state index is 0.601. The van der Waals surface area contributed by atoms with Gasteiger partial charge in [-0.25, -0.2) is 0 Å². The highest BCUT2D eigenvalue weighted by molar-refractivity contribution is 5.64. The Morgan fingerprint density at radius 2 is 1.42 bits per heavy atom. The Hall–Kier alpha value is -1.86. The molecule has 1 aliphatic rings. The SMILES string of the molecule is C=CCOCc1ccc(-c2ccc(C3CCC(CCCCCCCC)CC3)cc2)cc1. The minimum Gasteiger partial charge on any atom is -0.373 e. The molecule has 2 aromatic rings. The van der Waals surface area contributed by atoms with Crippen LogP contribution in [0, 0.1) is 5.92 Å². The lowest BCUT2D eigenvalue weighted by Crippen LogP contribution is -2.13. The van der Waals surface area contributed by atoms with Gasteiger partial charge in [0.05, 0.1) is 13.2 Å². The van der Waals surface area contributed by atoms with Gasteiger partial charge < -0.3 is 4.74 Å². The molecule has 1 saturated carbocycles. The van der Waals surface area contributed by atoms with Gasteiger partial charge in [-0.3, -0.25) is 0 Å². The van der Waals surface area contributed by atoms with Crippen molar-refractivity contribution in [1.82, 2.24) is 0 Å². The molecule has 2 aromatic carbocycles. The molecule has 0 saturated heterocycles. The molecule has 1 nitrogen and oxygen atoms in total. The maximum atomic E-state index is 5.53. The molecule has 0 aliphatic heterocycles. The van der Waals surface area contributed by atoms with Crippen molar-refractivity contribution in [1.29, 1.82) is 0 Å². The highest BCUT2D eigenvalue weighted by atomic mass is 16.5. The molecular formula is C30H42O. The summed E-state index contributed by atoms with van der Waals surface area (Å²) in [6, 6.07) is 18.1. The van der Waals surface area contributed by atoms with Crippen LogP contribution in [0.4, 0.5) is 0 Å². The van der Waals surface area contributed by atoms with Gasteiger partial charge in [0.15, 0.2) is 0 Å². The zero-order chi connectivity index (χ0) is 21.7. The number of unbranched alkanes of at least 4 members (excludes halogenated alkanes) is 5. The summed E-state index contributed by atoms with van der Waals surface area (Å²) in [5.41, 5.74) is 5.33. The highest BCUT2D eigenvalue weighted by Gasteiger charge is 2.22. The molecule has 0 bridgehead atoms. The molecule has 0 atom stereocenters. The molecule has 1 heteroatoms. The van der Waals surface area contributed by atoms with Crippen LogP contribution in [-0.4, -0.2) is 6.61 Å². The third-order valence-corrected chi connectivity index (χ3v) is 6.99. The predicted octanol–water partition coefficient (Wildman–Crippen LogP) is 9.08. The van der Waals surface area contributed by atoms with E-state index in [-0.39, 0.29) is 0 Å². The Balaban J connectivity index is 1.42. The van der Waals surface area contributed by atoms with Crippen LogP contribution >= 0.6 is 0 Å². The van der Waals surface area contributed by atoms with Crippen molar-refractivity contribution in [3.63, 3.8) is 0 Å². The number of benzene rings is 2. The van der Waals surface area contributed by atoms with Gasteiger partial charge >= 0.3 is 0 Å². The number of hydrogen-bond donors (Lipinski definition) is 0. The summed E-state index contributed by atoms with van der Waals surface area (Å²) in [5, 5.41) is 0. The monoisotopic (exact) mass is 418 g/mol. The predicted molar refractivity (Wildman–Crippen MR) is 134 cm³/mol. The van der Waals surface area contributed by atoms with Crippen molar-refractivity contribution in [3.8, 4) is 11.1 Å². The first-order chi connectivity index (χ1) is 15.3. The van der Waals surface area contributed by atoms with Crippen LogP contribution in [0.2, 0.25) is 0 Å². The molecule has 0 radical (unpaired) electrons. The lowest BCUT2D eigenvalue weighted by molar-refractivity contribution is 0.149. The fraction of sp³-hybridized carbons (Fsp3) is 0.533. The number of hydrogen-bond acceptors (Lipinski definition) is 1. The zero-order valence-corrected chi connectivity index (χ0v) is 19.7. The van der Waals surface area contributed by atoms with Crippen molar-refractivity contribution in [2.45, 2.75) is 90.1 Å². The van der Waals surface area contributed by atoms with Gasteiger partial charge in [0, 0.05) is 0 Å². The van der Waals surface area contributed by atoms with Gasteiger partial charge in [-0.2, -0.15) is 0 Å². The Morgan fingerprint density at radius 1 is 0.806 bits per heavy atom. The van der Waals surface area contributed by atoms with Gasteiger partial charge in [-0.05, 0) is 59.8 Å². The van der Waals surface area contributed by atoms with Crippen LogP contribution in [0.5, 0.6) is 0 Å². The van der Waals surface area contributed by atoms with Gasteiger partial charge in [0.1, 0.15) is 0 Å². The van der Waals surface area contributed by atoms with E-state index in [1.54, 1.807) is 6.08 Å². The molecule has 31 heavy (non-hydrogen) atoms. The van der Waals surface area contributed by atoms with Crippen LogP contribution in [0.25, 0.3) is 11.1 Å². The fourth-order valence-corrected chi connectivity index (χ4v) is 5.00. The van der Waals surface area contributed by atoms with Gasteiger partial charge in [-0.15, -0.1) is 6.58 Å². The van der Waals surface area contributed by atoms with E-state index in [1.165, 1.54) is 92.9 Å². The molecule has 0 N–H and O–H groups in total. The van der Waals surface area contributed by atoms with Crippen molar-refractivity contribution in [3.05, 3.63) is 72.3 Å². The topological polar surface area (TPSA) is 9.23 Å². The van der Waals surface area contributed by atoms with Gasteiger partial charge in [0.2, 0.25) is 0 Å². The van der Waals surface area contributed by atoms with E-state index in [0.29, 0.717) is 13.2 Å². The quantitative estimate of drug-likeness (QED) is 0.233. The van der Waals surface area contributed by atoms with E-state index in [1.807, 2.05) is 0 Å². The molecule has 0 aromatic heterocycles. The lowest BCUT2D eigenvalue weighted by atomic mass is 9.77. The second-order valence-corrected chi connectivity index (χ2v) is 9.40. The second kappa shape index (κ2) is 13.5. The minimum atomic E-state index is 0.601. The summed E-state index contributed by atoms with van der Waals surface area (Å²) in [4.78, 5) is 0. The van der Waals surface area contributed by atoms with Gasteiger partial charge in [-0.1, -0.05) is 106 Å². The van der Waals surface area contributed by atoms with E-state index in [9.17, 15) is 0 Å². The standard InChI is InChI=1S/C30H42O/c1-3-5-6-7-8-9-10-25-11-15-27(16-12-25)29-19-21-30(22-20-29)28-17-13-26(14-18-28)24-31-23-4-2/h4,13-14,17-22,25,27H,2-3,5-12,15-16,23-24H2,1H3. The summed E-state index contributed by atoms with van der Waals surface area (Å²) in [5.74, 6) is 1.75. The first-order valence-electron chi connectivity index (χ1n) is 12.7. The molecular weight excluding hydrogens is 376 g/mol. The summed E-state index contributed by atoms with van der Waals surface area (Å²) >= 11 is 0. The van der Waals surface area contributed by atoms with Crippen LogP contribution < -0.4 is 0 Å². The fourth-order valence-electron chi connectivity index (χ4n) is 5.00. The summed E-state index contributed by atoms with van der Waals surface area (Å²) in [6.45, 7) is 7.23. The summed E-state index contributed by atoms with van der Waals surface area (Å²) in [7, 11) is 0. The lowest BCUT2D eigenvalue weighted by Gasteiger charge is -2.29. The van der Waals surface area contributed by atoms with E-state index >= 15 is 0 Å². The Labute approximate surface area is 190 Å². The van der Waals surface area contributed by atoms with Crippen molar-refractivity contribution < 1.29 is 4.74 Å². The molecule has 0 spiro atoms. The molecule has 1 aliphatic carbocycles. The van der Waals surface area contributed by atoms with Gasteiger partial charge in [0.25, 0.3) is 0 Å². The van der Waals surface area contributed by atoms with E-state index in [2.05, 4.69) is 62.0 Å². The van der Waals surface area contributed by atoms with Crippen molar-refractivity contribution in [2.75, 3.05) is 6.61 Å². The highest BCUT2D eigenvalue weighted by Crippen LogP contribution is 2.38.